The average molecular weight is 183 g/mol. The van der Waals surface area contributed by atoms with Crippen molar-refractivity contribution in [3.8, 4) is 0 Å². The highest BCUT2D eigenvalue weighted by atomic mass is 16.3. The van der Waals surface area contributed by atoms with E-state index in [1.54, 1.807) is 0 Å². The molecule has 0 radical (unpaired) electrons. The summed E-state index contributed by atoms with van der Waals surface area (Å²) in [6, 6.07) is 0. The minimum Gasteiger partial charge on any atom is -0.390 e. The second-order valence-corrected chi connectivity index (χ2v) is 5.05. The van der Waals surface area contributed by atoms with Crippen molar-refractivity contribution in [3.63, 3.8) is 0 Å². The summed E-state index contributed by atoms with van der Waals surface area (Å²) in [7, 11) is 0. The smallest absolute Gasteiger partial charge is 0.0662 e. The Hall–Kier alpha value is -0.0800. The van der Waals surface area contributed by atoms with Crippen LogP contribution < -0.4 is 5.32 Å². The van der Waals surface area contributed by atoms with Crippen molar-refractivity contribution >= 4 is 0 Å². The first-order valence-electron chi connectivity index (χ1n) is 5.61. The van der Waals surface area contributed by atoms with Crippen molar-refractivity contribution in [1.29, 1.82) is 0 Å². The molecule has 0 aromatic carbocycles. The van der Waals surface area contributed by atoms with Crippen LogP contribution in [0.25, 0.3) is 0 Å². The molecule has 76 valence electrons. The highest BCUT2D eigenvalue weighted by Gasteiger charge is 2.37. The molecule has 2 heteroatoms. The highest BCUT2D eigenvalue weighted by molar-refractivity contribution is 4.90. The monoisotopic (exact) mass is 183 g/mol. The first kappa shape index (κ1) is 9.47. The first-order chi connectivity index (χ1) is 6.18. The van der Waals surface area contributed by atoms with E-state index < -0.39 is 5.60 Å². The largest absolute Gasteiger partial charge is 0.390 e. The fourth-order valence-electron chi connectivity index (χ4n) is 2.46. The summed E-state index contributed by atoms with van der Waals surface area (Å²) in [5.74, 6) is 1.32. The molecule has 1 saturated heterocycles. The molecule has 0 bridgehead atoms. The SMILES string of the molecule is CC(O)(CC1CC1)C1CCCNC1. The number of nitrogens with one attached hydrogen (secondary N) is 1. The predicted octanol–water partition coefficient (Wildman–Crippen LogP) is 1.54. The van der Waals surface area contributed by atoms with Gasteiger partial charge in [-0.25, -0.2) is 0 Å². The Balaban J connectivity index is 1.86. The summed E-state index contributed by atoms with van der Waals surface area (Å²) in [5, 5.41) is 13.7. The molecule has 0 amide bonds. The van der Waals surface area contributed by atoms with E-state index >= 15 is 0 Å². The van der Waals surface area contributed by atoms with Gasteiger partial charge >= 0.3 is 0 Å². The van der Waals surface area contributed by atoms with Crippen molar-refractivity contribution in [3.05, 3.63) is 0 Å². The van der Waals surface area contributed by atoms with Gasteiger partial charge in [0.15, 0.2) is 0 Å². The van der Waals surface area contributed by atoms with Crippen LogP contribution in [-0.2, 0) is 0 Å². The van der Waals surface area contributed by atoms with Crippen molar-refractivity contribution in [2.75, 3.05) is 13.1 Å². The quantitative estimate of drug-likeness (QED) is 0.695. The molecule has 1 aliphatic carbocycles. The molecule has 1 heterocycles. The third-order valence-electron chi connectivity index (χ3n) is 3.58. The van der Waals surface area contributed by atoms with Gasteiger partial charge in [0.25, 0.3) is 0 Å². The zero-order valence-corrected chi connectivity index (χ0v) is 8.55. The molecule has 2 nitrogen and oxygen atoms in total. The fourth-order valence-corrected chi connectivity index (χ4v) is 2.46. The Kier molecular flexibility index (Phi) is 2.61. The second kappa shape index (κ2) is 3.58. The van der Waals surface area contributed by atoms with Gasteiger partial charge in [0, 0.05) is 6.54 Å². The van der Waals surface area contributed by atoms with E-state index in [9.17, 15) is 5.11 Å². The van der Waals surface area contributed by atoms with Crippen LogP contribution in [-0.4, -0.2) is 23.8 Å². The summed E-state index contributed by atoms with van der Waals surface area (Å²) in [4.78, 5) is 0. The molecule has 2 atom stereocenters. The minimum absolute atomic E-state index is 0.408. The van der Waals surface area contributed by atoms with Gasteiger partial charge in [-0.3, -0.25) is 0 Å². The topological polar surface area (TPSA) is 32.3 Å². The van der Waals surface area contributed by atoms with Gasteiger partial charge < -0.3 is 10.4 Å². The number of rotatable bonds is 3. The Morgan fingerprint density at radius 3 is 2.69 bits per heavy atom. The van der Waals surface area contributed by atoms with E-state index in [-0.39, 0.29) is 0 Å². The zero-order valence-electron chi connectivity index (χ0n) is 8.55. The molecular formula is C11H21NO. The van der Waals surface area contributed by atoms with Gasteiger partial charge in [-0.1, -0.05) is 12.8 Å². The molecule has 1 aliphatic heterocycles. The van der Waals surface area contributed by atoms with Crippen LogP contribution in [0, 0.1) is 11.8 Å². The van der Waals surface area contributed by atoms with E-state index in [2.05, 4.69) is 5.32 Å². The van der Waals surface area contributed by atoms with E-state index in [0.717, 1.165) is 25.4 Å². The van der Waals surface area contributed by atoms with Crippen LogP contribution in [0.1, 0.15) is 39.0 Å². The summed E-state index contributed by atoms with van der Waals surface area (Å²) >= 11 is 0. The fraction of sp³-hybridized carbons (Fsp3) is 1.00. The molecule has 2 aliphatic rings. The molecule has 2 fully saturated rings. The standard InChI is InChI=1S/C11H21NO/c1-11(13,7-9-4-5-9)10-3-2-6-12-8-10/h9-10,12-13H,2-8H2,1H3. The molecule has 2 unspecified atom stereocenters. The van der Waals surface area contributed by atoms with Crippen LogP contribution in [0.4, 0.5) is 0 Å². The lowest BCUT2D eigenvalue weighted by Crippen LogP contribution is -2.44. The lowest BCUT2D eigenvalue weighted by molar-refractivity contribution is -0.0224. The van der Waals surface area contributed by atoms with Crippen LogP contribution >= 0.6 is 0 Å². The highest BCUT2D eigenvalue weighted by Crippen LogP contribution is 2.40. The van der Waals surface area contributed by atoms with Gasteiger partial charge in [0.2, 0.25) is 0 Å². The van der Waals surface area contributed by atoms with Gasteiger partial charge in [0.1, 0.15) is 0 Å². The average Bonchev–Trinajstić information content (AvgIpc) is 2.89. The number of piperidine rings is 1. The lowest BCUT2D eigenvalue weighted by Gasteiger charge is -2.36. The third-order valence-corrected chi connectivity index (χ3v) is 3.58. The summed E-state index contributed by atoms with van der Waals surface area (Å²) < 4.78 is 0. The van der Waals surface area contributed by atoms with E-state index in [0.29, 0.717) is 5.92 Å². The Morgan fingerprint density at radius 2 is 2.15 bits per heavy atom. The molecule has 0 aromatic heterocycles. The zero-order chi connectivity index (χ0) is 9.31. The van der Waals surface area contributed by atoms with E-state index in [1.165, 1.54) is 25.7 Å². The van der Waals surface area contributed by atoms with Crippen molar-refractivity contribution in [2.24, 2.45) is 11.8 Å². The van der Waals surface area contributed by atoms with Crippen molar-refractivity contribution in [2.45, 2.75) is 44.6 Å². The second-order valence-electron chi connectivity index (χ2n) is 5.05. The van der Waals surface area contributed by atoms with Crippen LogP contribution in [0.2, 0.25) is 0 Å². The van der Waals surface area contributed by atoms with Gasteiger partial charge in [-0.15, -0.1) is 0 Å². The molecule has 0 spiro atoms. The van der Waals surface area contributed by atoms with Crippen molar-refractivity contribution in [1.82, 2.24) is 5.32 Å². The Bertz CT molecular complexity index is 169. The summed E-state index contributed by atoms with van der Waals surface area (Å²) in [5.41, 5.74) is -0.408. The van der Waals surface area contributed by atoms with E-state index in [4.69, 9.17) is 0 Å². The first-order valence-corrected chi connectivity index (χ1v) is 5.61. The molecule has 2 N–H and O–H groups in total. The Morgan fingerprint density at radius 1 is 1.38 bits per heavy atom. The molecule has 13 heavy (non-hydrogen) atoms. The van der Waals surface area contributed by atoms with Crippen LogP contribution in [0.15, 0.2) is 0 Å². The van der Waals surface area contributed by atoms with Crippen molar-refractivity contribution < 1.29 is 5.11 Å². The van der Waals surface area contributed by atoms with Crippen LogP contribution in [0.3, 0.4) is 0 Å². The number of hydrogen-bond acceptors (Lipinski definition) is 2. The summed E-state index contributed by atoms with van der Waals surface area (Å²) in [6.45, 7) is 4.18. The lowest BCUT2D eigenvalue weighted by atomic mass is 9.80. The summed E-state index contributed by atoms with van der Waals surface area (Å²) in [6.07, 6.45) is 6.14. The molecule has 2 rings (SSSR count). The predicted molar refractivity (Wildman–Crippen MR) is 53.6 cm³/mol. The Labute approximate surface area is 80.7 Å². The maximum Gasteiger partial charge on any atom is 0.0662 e. The normalized spacial score (nSPS) is 34.2. The molecule has 0 aromatic rings. The van der Waals surface area contributed by atoms with Crippen LogP contribution in [0.5, 0.6) is 0 Å². The van der Waals surface area contributed by atoms with Gasteiger partial charge in [-0.05, 0) is 44.6 Å². The molecular weight excluding hydrogens is 162 g/mol. The van der Waals surface area contributed by atoms with Gasteiger partial charge in [-0.2, -0.15) is 0 Å². The molecule has 1 saturated carbocycles. The maximum absolute atomic E-state index is 10.3. The maximum atomic E-state index is 10.3. The van der Waals surface area contributed by atoms with Gasteiger partial charge in [0.05, 0.1) is 5.60 Å². The third kappa shape index (κ3) is 2.44. The minimum atomic E-state index is -0.408. The number of hydrogen-bond donors (Lipinski definition) is 2. The van der Waals surface area contributed by atoms with E-state index in [1.807, 2.05) is 6.92 Å². The number of aliphatic hydroxyl groups is 1.